The van der Waals surface area contributed by atoms with Crippen LogP contribution in [0.15, 0.2) is 34.9 Å². The first-order valence-electron chi connectivity index (χ1n) is 6.12. The maximum Gasteiger partial charge on any atom is 0.246 e. The van der Waals surface area contributed by atoms with Crippen LogP contribution in [0.4, 0.5) is 8.78 Å². The fraction of sp³-hybridized carbons (Fsp3) is 0.429. The lowest BCUT2D eigenvalue weighted by molar-refractivity contribution is 0.0984. The van der Waals surface area contributed by atoms with Crippen molar-refractivity contribution in [3.8, 4) is 0 Å². The molecule has 0 aliphatic rings. The van der Waals surface area contributed by atoms with E-state index in [2.05, 4.69) is 5.32 Å². The Hall–Kier alpha value is -1.42. The molecule has 1 heterocycles. The fourth-order valence-corrected chi connectivity index (χ4v) is 2.28. The first-order valence-corrected chi connectivity index (χ1v) is 6.12. The molecular weight excluding hydrogens is 236 g/mol. The number of likely N-dealkylation sites (N-methyl/N-ethyl adjacent to an activating group) is 1. The lowest BCUT2D eigenvalue weighted by Crippen LogP contribution is -2.35. The highest BCUT2D eigenvalue weighted by Crippen LogP contribution is 2.29. The zero-order valence-electron chi connectivity index (χ0n) is 10.5. The summed E-state index contributed by atoms with van der Waals surface area (Å²) in [6.07, 6.45) is -0.828. The van der Waals surface area contributed by atoms with Gasteiger partial charge in [0.05, 0.1) is 12.2 Å². The first-order chi connectivity index (χ1) is 8.63. The number of nitrogens with one attached hydrogen (secondary N) is 1. The van der Waals surface area contributed by atoms with E-state index >= 15 is 0 Å². The molecule has 1 aromatic heterocycles. The number of benzene rings is 1. The smallest absolute Gasteiger partial charge is 0.246 e. The summed E-state index contributed by atoms with van der Waals surface area (Å²) in [5.74, 6) is -0.820. The largest absolute Gasteiger partial charge is 0.464 e. The van der Waals surface area contributed by atoms with E-state index in [9.17, 15) is 8.78 Å². The third-order valence-corrected chi connectivity index (χ3v) is 3.20. The Morgan fingerprint density at radius 2 is 2.06 bits per heavy atom. The Morgan fingerprint density at radius 3 is 2.72 bits per heavy atom. The molecule has 4 heteroatoms. The number of alkyl halides is 2. The highest BCUT2D eigenvalue weighted by atomic mass is 19.3. The van der Waals surface area contributed by atoms with Gasteiger partial charge in [-0.3, -0.25) is 0 Å². The van der Waals surface area contributed by atoms with Gasteiger partial charge in [-0.05, 0) is 31.2 Å². The summed E-state index contributed by atoms with van der Waals surface area (Å²) in [6.45, 7) is 4.37. The molecule has 2 rings (SSSR count). The molecule has 2 unspecified atom stereocenters. The van der Waals surface area contributed by atoms with Crippen LogP contribution in [-0.4, -0.2) is 19.0 Å². The lowest BCUT2D eigenvalue weighted by atomic mass is 9.92. The van der Waals surface area contributed by atoms with Crippen LogP contribution >= 0.6 is 0 Å². The summed E-state index contributed by atoms with van der Waals surface area (Å²) in [5, 5.41) is 3.99. The highest BCUT2D eigenvalue weighted by Gasteiger charge is 2.28. The second-order valence-electron chi connectivity index (χ2n) is 4.42. The van der Waals surface area contributed by atoms with Crippen molar-refractivity contribution in [2.45, 2.75) is 32.2 Å². The van der Waals surface area contributed by atoms with Gasteiger partial charge in [-0.2, -0.15) is 0 Å². The third kappa shape index (κ3) is 2.53. The van der Waals surface area contributed by atoms with E-state index in [-0.39, 0.29) is 6.04 Å². The average molecular weight is 253 g/mol. The molecular formula is C14H17F2NO. The van der Waals surface area contributed by atoms with E-state index in [4.69, 9.17) is 4.42 Å². The van der Waals surface area contributed by atoms with Crippen molar-refractivity contribution in [3.63, 3.8) is 0 Å². The van der Waals surface area contributed by atoms with E-state index in [1.807, 2.05) is 19.1 Å². The van der Waals surface area contributed by atoms with E-state index in [1.165, 1.54) is 0 Å². The Kier molecular flexibility index (Phi) is 3.97. The third-order valence-electron chi connectivity index (χ3n) is 3.20. The molecule has 0 aliphatic heterocycles. The standard InChI is InChI=1S/C14H17F2NO/c1-3-17-9(2)13(14(15)16)11-5-4-10-6-7-18-12(10)8-11/h4-9,13-14,17H,3H2,1-2H3. The van der Waals surface area contributed by atoms with Crippen molar-refractivity contribution in [1.29, 1.82) is 0 Å². The van der Waals surface area contributed by atoms with Crippen LogP contribution in [0, 0.1) is 0 Å². The molecule has 0 radical (unpaired) electrons. The minimum absolute atomic E-state index is 0.276. The van der Waals surface area contributed by atoms with Gasteiger partial charge in [0.15, 0.2) is 0 Å². The van der Waals surface area contributed by atoms with Crippen LogP contribution in [0.1, 0.15) is 25.3 Å². The van der Waals surface area contributed by atoms with Gasteiger partial charge in [0.1, 0.15) is 5.58 Å². The zero-order valence-corrected chi connectivity index (χ0v) is 10.5. The van der Waals surface area contributed by atoms with E-state index in [0.29, 0.717) is 17.7 Å². The maximum absolute atomic E-state index is 13.2. The van der Waals surface area contributed by atoms with Crippen molar-refractivity contribution in [2.75, 3.05) is 6.54 Å². The van der Waals surface area contributed by atoms with Crippen molar-refractivity contribution in [3.05, 3.63) is 36.1 Å². The first kappa shape index (κ1) is 13.0. The van der Waals surface area contributed by atoms with E-state index in [1.54, 1.807) is 25.3 Å². The number of halogens is 2. The van der Waals surface area contributed by atoms with Crippen LogP contribution in [0.5, 0.6) is 0 Å². The van der Waals surface area contributed by atoms with Crippen molar-refractivity contribution >= 4 is 11.0 Å². The van der Waals surface area contributed by atoms with Gasteiger partial charge in [-0.1, -0.05) is 19.1 Å². The molecule has 1 aromatic carbocycles. The normalized spacial score (nSPS) is 15.2. The number of rotatable bonds is 5. The SMILES string of the molecule is CCNC(C)C(c1ccc2ccoc2c1)C(F)F. The van der Waals surface area contributed by atoms with Gasteiger partial charge in [0.25, 0.3) is 0 Å². The van der Waals surface area contributed by atoms with E-state index < -0.39 is 12.3 Å². The molecule has 0 aliphatic carbocycles. The molecule has 0 spiro atoms. The van der Waals surface area contributed by atoms with Gasteiger partial charge >= 0.3 is 0 Å². The van der Waals surface area contributed by atoms with Crippen LogP contribution in [0.2, 0.25) is 0 Å². The molecule has 0 amide bonds. The zero-order chi connectivity index (χ0) is 13.1. The van der Waals surface area contributed by atoms with Crippen LogP contribution in [0.25, 0.3) is 11.0 Å². The lowest BCUT2D eigenvalue weighted by Gasteiger charge is -2.24. The van der Waals surface area contributed by atoms with Gasteiger partial charge < -0.3 is 9.73 Å². The van der Waals surface area contributed by atoms with Crippen molar-refractivity contribution in [1.82, 2.24) is 5.32 Å². The number of furan rings is 1. The Bertz CT molecular complexity index is 509. The summed E-state index contributed by atoms with van der Waals surface area (Å²) in [5.41, 5.74) is 1.27. The van der Waals surface area contributed by atoms with Gasteiger partial charge in [0.2, 0.25) is 6.43 Å². The van der Waals surface area contributed by atoms with Gasteiger partial charge in [-0.15, -0.1) is 0 Å². The highest BCUT2D eigenvalue weighted by molar-refractivity contribution is 5.77. The summed E-state index contributed by atoms with van der Waals surface area (Å²) in [4.78, 5) is 0. The number of hydrogen-bond donors (Lipinski definition) is 1. The molecule has 1 N–H and O–H groups in total. The molecule has 2 atom stereocenters. The Balaban J connectivity index is 2.34. The summed E-state index contributed by atoms with van der Waals surface area (Å²) in [6, 6.07) is 6.83. The number of hydrogen-bond acceptors (Lipinski definition) is 2. The monoisotopic (exact) mass is 253 g/mol. The predicted molar refractivity (Wildman–Crippen MR) is 68.1 cm³/mol. The molecule has 2 aromatic rings. The minimum atomic E-state index is -2.40. The predicted octanol–water partition coefficient (Wildman–Crippen LogP) is 3.78. The molecule has 0 saturated heterocycles. The van der Waals surface area contributed by atoms with Crippen LogP contribution in [-0.2, 0) is 0 Å². The summed E-state index contributed by atoms with van der Waals surface area (Å²) < 4.78 is 31.7. The van der Waals surface area contributed by atoms with Gasteiger partial charge in [0, 0.05) is 11.4 Å². The molecule has 0 saturated carbocycles. The number of fused-ring (bicyclic) bond motifs is 1. The molecule has 0 fully saturated rings. The second-order valence-corrected chi connectivity index (χ2v) is 4.42. The summed E-state index contributed by atoms with van der Waals surface area (Å²) in [7, 11) is 0. The summed E-state index contributed by atoms with van der Waals surface area (Å²) >= 11 is 0. The van der Waals surface area contributed by atoms with Crippen molar-refractivity contribution in [2.24, 2.45) is 0 Å². The average Bonchev–Trinajstić information content (AvgIpc) is 2.76. The van der Waals surface area contributed by atoms with E-state index in [0.717, 1.165) is 5.39 Å². The maximum atomic E-state index is 13.2. The van der Waals surface area contributed by atoms with Crippen molar-refractivity contribution < 1.29 is 13.2 Å². The second kappa shape index (κ2) is 5.48. The Labute approximate surface area is 105 Å². The fourth-order valence-electron chi connectivity index (χ4n) is 2.28. The van der Waals surface area contributed by atoms with Crippen LogP contribution in [0.3, 0.4) is 0 Å². The molecule has 0 bridgehead atoms. The Morgan fingerprint density at radius 1 is 1.28 bits per heavy atom. The topological polar surface area (TPSA) is 25.2 Å². The van der Waals surface area contributed by atoms with Gasteiger partial charge in [-0.25, -0.2) is 8.78 Å². The van der Waals surface area contributed by atoms with Crippen LogP contribution < -0.4 is 5.32 Å². The molecule has 2 nitrogen and oxygen atoms in total. The molecule has 18 heavy (non-hydrogen) atoms. The minimum Gasteiger partial charge on any atom is -0.464 e. The quantitative estimate of drug-likeness (QED) is 0.877. The molecule has 98 valence electrons.